The van der Waals surface area contributed by atoms with E-state index in [2.05, 4.69) is 0 Å². The third kappa shape index (κ3) is 3.76. The van der Waals surface area contributed by atoms with Crippen molar-refractivity contribution in [1.82, 2.24) is 0 Å². The minimum absolute atomic E-state index is 0.483. The molecule has 0 aromatic rings. The molecule has 0 saturated carbocycles. The highest BCUT2D eigenvalue weighted by Crippen LogP contribution is 2.02. The summed E-state index contributed by atoms with van der Waals surface area (Å²) in [5, 5.41) is 8.36. The first-order chi connectivity index (χ1) is 4.35. The van der Waals surface area contributed by atoms with Crippen molar-refractivity contribution in [2.75, 3.05) is 0 Å². The van der Waals surface area contributed by atoms with E-state index in [0.717, 1.165) is 19.1 Å². The Balaban J connectivity index is 3.45. The summed E-state index contributed by atoms with van der Waals surface area (Å²) in [6.45, 7) is 2.04. The molecular formula is C7H12O2. The molecule has 0 bridgehead atoms. The van der Waals surface area contributed by atoms with E-state index in [4.69, 9.17) is 5.11 Å². The SMILES string of the molecule is CCCCC(C=O)=CO. The Bertz CT molecular complexity index is 105. The van der Waals surface area contributed by atoms with E-state index in [1.165, 1.54) is 0 Å². The van der Waals surface area contributed by atoms with Crippen LogP contribution in [0.1, 0.15) is 26.2 Å². The molecule has 2 nitrogen and oxygen atoms in total. The lowest BCUT2D eigenvalue weighted by molar-refractivity contribution is -0.105. The van der Waals surface area contributed by atoms with Crippen molar-refractivity contribution in [3.63, 3.8) is 0 Å². The lowest BCUT2D eigenvalue weighted by Gasteiger charge is -1.92. The molecule has 0 saturated heterocycles. The molecule has 0 spiro atoms. The lowest BCUT2D eigenvalue weighted by atomic mass is 10.1. The molecular weight excluding hydrogens is 116 g/mol. The predicted molar refractivity (Wildman–Crippen MR) is 36.3 cm³/mol. The van der Waals surface area contributed by atoms with Crippen LogP contribution in [0.25, 0.3) is 0 Å². The van der Waals surface area contributed by atoms with Gasteiger partial charge in [0.05, 0.1) is 6.26 Å². The van der Waals surface area contributed by atoms with Crippen molar-refractivity contribution in [2.24, 2.45) is 0 Å². The number of aliphatic hydroxyl groups excluding tert-OH is 1. The molecule has 0 aliphatic carbocycles. The van der Waals surface area contributed by atoms with Gasteiger partial charge in [0.1, 0.15) is 6.29 Å². The first-order valence-corrected chi connectivity index (χ1v) is 3.13. The van der Waals surface area contributed by atoms with Crippen LogP contribution in [0.5, 0.6) is 0 Å². The number of aliphatic hydroxyl groups is 1. The van der Waals surface area contributed by atoms with Crippen LogP contribution in [0, 0.1) is 0 Å². The predicted octanol–water partition coefficient (Wildman–Crippen LogP) is 1.82. The van der Waals surface area contributed by atoms with E-state index in [1.807, 2.05) is 6.92 Å². The van der Waals surface area contributed by atoms with Gasteiger partial charge in [-0.05, 0) is 12.8 Å². The molecule has 0 atom stereocenters. The highest BCUT2D eigenvalue weighted by Gasteiger charge is 1.91. The van der Waals surface area contributed by atoms with E-state index in [-0.39, 0.29) is 0 Å². The fourth-order valence-electron chi connectivity index (χ4n) is 0.535. The Kier molecular flexibility index (Phi) is 4.88. The van der Waals surface area contributed by atoms with Crippen LogP contribution in [0.2, 0.25) is 0 Å². The standard InChI is InChI=1S/C7H12O2/c1-2-3-4-7(5-8)6-9/h5-6,8H,2-4H2,1H3. The minimum atomic E-state index is 0.483. The molecule has 0 rings (SSSR count). The summed E-state index contributed by atoms with van der Waals surface area (Å²) >= 11 is 0. The summed E-state index contributed by atoms with van der Waals surface area (Å²) in [6, 6.07) is 0. The smallest absolute Gasteiger partial charge is 0.149 e. The van der Waals surface area contributed by atoms with Crippen molar-refractivity contribution in [3.05, 3.63) is 11.8 Å². The van der Waals surface area contributed by atoms with Crippen LogP contribution >= 0.6 is 0 Å². The molecule has 0 amide bonds. The number of rotatable bonds is 4. The van der Waals surface area contributed by atoms with Gasteiger partial charge in [-0.15, -0.1) is 0 Å². The van der Waals surface area contributed by atoms with Crippen LogP contribution in [0.3, 0.4) is 0 Å². The topological polar surface area (TPSA) is 37.3 Å². The number of allylic oxidation sites excluding steroid dienone is 1. The molecule has 0 aromatic heterocycles. The highest BCUT2D eigenvalue weighted by molar-refractivity contribution is 5.72. The number of carbonyl (C=O) groups is 1. The Morgan fingerprint density at radius 1 is 1.67 bits per heavy atom. The fraction of sp³-hybridized carbons (Fsp3) is 0.571. The average molecular weight is 128 g/mol. The van der Waals surface area contributed by atoms with Gasteiger partial charge in [-0.3, -0.25) is 4.79 Å². The first kappa shape index (κ1) is 8.21. The molecule has 0 unspecified atom stereocenters. The Labute approximate surface area is 55.2 Å². The number of hydrogen-bond donors (Lipinski definition) is 1. The normalized spacial score (nSPS) is 11.4. The monoisotopic (exact) mass is 128 g/mol. The van der Waals surface area contributed by atoms with Crippen LogP contribution < -0.4 is 0 Å². The summed E-state index contributed by atoms with van der Waals surface area (Å²) < 4.78 is 0. The fourth-order valence-corrected chi connectivity index (χ4v) is 0.535. The maximum absolute atomic E-state index is 10.0. The summed E-state index contributed by atoms with van der Waals surface area (Å²) in [6.07, 6.45) is 4.27. The lowest BCUT2D eigenvalue weighted by Crippen LogP contribution is -1.83. The molecule has 9 heavy (non-hydrogen) atoms. The maximum Gasteiger partial charge on any atom is 0.149 e. The van der Waals surface area contributed by atoms with E-state index in [1.54, 1.807) is 0 Å². The first-order valence-electron chi connectivity index (χ1n) is 3.13. The molecule has 0 aliphatic rings. The van der Waals surface area contributed by atoms with Gasteiger partial charge in [0, 0.05) is 5.57 Å². The molecule has 0 aliphatic heterocycles. The summed E-state index contributed by atoms with van der Waals surface area (Å²) in [7, 11) is 0. The summed E-state index contributed by atoms with van der Waals surface area (Å²) in [5.74, 6) is 0. The second-order valence-corrected chi connectivity index (χ2v) is 1.93. The Morgan fingerprint density at radius 2 is 2.33 bits per heavy atom. The van der Waals surface area contributed by atoms with Crippen molar-refractivity contribution in [2.45, 2.75) is 26.2 Å². The van der Waals surface area contributed by atoms with Gasteiger partial charge in [0.25, 0.3) is 0 Å². The number of hydrogen-bond acceptors (Lipinski definition) is 2. The van der Waals surface area contributed by atoms with E-state index in [9.17, 15) is 4.79 Å². The second kappa shape index (κ2) is 5.35. The minimum Gasteiger partial charge on any atom is -0.515 e. The largest absolute Gasteiger partial charge is 0.515 e. The van der Waals surface area contributed by atoms with E-state index < -0.39 is 0 Å². The zero-order chi connectivity index (χ0) is 7.11. The van der Waals surface area contributed by atoms with Gasteiger partial charge in [-0.2, -0.15) is 0 Å². The van der Waals surface area contributed by atoms with Crippen molar-refractivity contribution < 1.29 is 9.90 Å². The molecule has 0 fully saturated rings. The van der Waals surface area contributed by atoms with E-state index in [0.29, 0.717) is 18.3 Å². The molecule has 0 heterocycles. The van der Waals surface area contributed by atoms with Gasteiger partial charge < -0.3 is 5.11 Å². The molecule has 1 N–H and O–H groups in total. The van der Waals surface area contributed by atoms with E-state index >= 15 is 0 Å². The number of unbranched alkanes of at least 4 members (excludes halogenated alkanes) is 1. The van der Waals surface area contributed by atoms with Gasteiger partial charge in [-0.1, -0.05) is 13.3 Å². The zero-order valence-electron chi connectivity index (χ0n) is 5.63. The van der Waals surface area contributed by atoms with Crippen LogP contribution in [-0.4, -0.2) is 11.4 Å². The third-order valence-corrected chi connectivity index (χ3v) is 1.14. The van der Waals surface area contributed by atoms with Gasteiger partial charge in [0.15, 0.2) is 0 Å². The van der Waals surface area contributed by atoms with Gasteiger partial charge in [-0.25, -0.2) is 0 Å². The van der Waals surface area contributed by atoms with Crippen molar-refractivity contribution in [3.8, 4) is 0 Å². The van der Waals surface area contributed by atoms with Crippen molar-refractivity contribution in [1.29, 1.82) is 0 Å². The Morgan fingerprint density at radius 3 is 2.67 bits per heavy atom. The quantitative estimate of drug-likeness (QED) is 0.356. The molecule has 0 aromatic carbocycles. The number of carbonyl (C=O) groups excluding carboxylic acids is 1. The molecule has 52 valence electrons. The van der Waals surface area contributed by atoms with Crippen LogP contribution in [-0.2, 0) is 4.79 Å². The average Bonchev–Trinajstić information content (AvgIpc) is 1.91. The van der Waals surface area contributed by atoms with Crippen LogP contribution in [0.4, 0.5) is 0 Å². The number of aldehydes is 1. The van der Waals surface area contributed by atoms with Crippen LogP contribution in [0.15, 0.2) is 11.8 Å². The highest BCUT2D eigenvalue weighted by atomic mass is 16.2. The maximum atomic E-state index is 10.0. The van der Waals surface area contributed by atoms with Crippen molar-refractivity contribution >= 4 is 6.29 Å². The van der Waals surface area contributed by atoms with Gasteiger partial charge in [0.2, 0.25) is 0 Å². The second-order valence-electron chi connectivity index (χ2n) is 1.93. The Hall–Kier alpha value is -0.790. The third-order valence-electron chi connectivity index (χ3n) is 1.14. The zero-order valence-corrected chi connectivity index (χ0v) is 5.63. The van der Waals surface area contributed by atoms with Gasteiger partial charge >= 0.3 is 0 Å². The molecule has 0 radical (unpaired) electrons. The summed E-state index contributed by atoms with van der Waals surface area (Å²) in [5.41, 5.74) is 0.483. The molecule has 2 heteroatoms. The summed E-state index contributed by atoms with van der Waals surface area (Å²) in [4.78, 5) is 10.0.